The zero-order chi connectivity index (χ0) is 13.1. The van der Waals surface area contributed by atoms with Gasteiger partial charge in [-0.25, -0.2) is 0 Å². The molecule has 2 rings (SSSR count). The lowest BCUT2D eigenvalue weighted by molar-refractivity contribution is -0.145. The number of hydrogen-bond acceptors (Lipinski definition) is 3. The Morgan fingerprint density at radius 3 is 2.89 bits per heavy atom. The number of hydrogen-bond donors (Lipinski definition) is 1. The number of carbonyl (C=O) groups excluding carboxylic acids is 1. The number of carboxylic acid groups (broad SMARTS) is 1. The summed E-state index contributed by atoms with van der Waals surface area (Å²) >= 11 is 0. The first kappa shape index (κ1) is 12.5. The van der Waals surface area contributed by atoms with Crippen molar-refractivity contribution in [2.24, 2.45) is 5.92 Å². The van der Waals surface area contributed by atoms with Crippen LogP contribution in [-0.2, 0) is 9.59 Å². The molecule has 2 heterocycles. The summed E-state index contributed by atoms with van der Waals surface area (Å²) in [6.07, 6.45) is 3.15. The molecule has 1 fully saturated rings. The van der Waals surface area contributed by atoms with Gasteiger partial charge >= 0.3 is 5.97 Å². The third-order valence-electron chi connectivity index (χ3n) is 3.41. The SMILES string of the molecule is CN1C(=O)CCCC(C(=O)O)C1c1ccccn1. The van der Waals surface area contributed by atoms with Crippen LogP contribution in [-0.4, -0.2) is 33.9 Å². The van der Waals surface area contributed by atoms with E-state index >= 15 is 0 Å². The summed E-state index contributed by atoms with van der Waals surface area (Å²) in [6, 6.07) is 4.89. The van der Waals surface area contributed by atoms with Crippen LogP contribution in [0.4, 0.5) is 0 Å². The molecule has 1 N–H and O–H groups in total. The van der Waals surface area contributed by atoms with E-state index in [1.807, 2.05) is 6.07 Å². The molecule has 0 aliphatic carbocycles. The van der Waals surface area contributed by atoms with E-state index in [9.17, 15) is 14.7 Å². The summed E-state index contributed by atoms with van der Waals surface area (Å²) in [6.45, 7) is 0. The zero-order valence-electron chi connectivity index (χ0n) is 10.2. The number of pyridine rings is 1. The molecule has 96 valence electrons. The molecule has 18 heavy (non-hydrogen) atoms. The minimum atomic E-state index is -0.868. The minimum absolute atomic E-state index is 0.0191. The van der Waals surface area contributed by atoms with E-state index in [1.165, 1.54) is 4.90 Å². The second-order valence-electron chi connectivity index (χ2n) is 4.54. The van der Waals surface area contributed by atoms with Crippen molar-refractivity contribution in [3.05, 3.63) is 30.1 Å². The van der Waals surface area contributed by atoms with Crippen LogP contribution in [0.25, 0.3) is 0 Å². The van der Waals surface area contributed by atoms with Crippen molar-refractivity contribution in [2.45, 2.75) is 25.3 Å². The van der Waals surface area contributed by atoms with Gasteiger partial charge in [-0.05, 0) is 25.0 Å². The van der Waals surface area contributed by atoms with Crippen LogP contribution in [0.15, 0.2) is 24.4 Å². The molecule has 0 saturated carbocycles. The molecule has 1 aliphatic heterocycles. The van der Waals surface area contributed by atoms with Crippen LogP contribution in [0.1, 0.15) is 31.0 Å². The van der Waals surface area contributed by atoms with E-state index in [0.29, 0.717) is 25.0 Å². The summed E-state index contributed by atoms with van der Waals surface area (Å²) in [5, 5.41) is 9.33. The van der Waals surface area contributed by atoms with Gasteiger partial charge in [0.25, 0.3) is 0 Å². The van der Waals surface area contributed by atoms with Crippen LogP contribution < -0.4 is 0 Å². The van der Waals surface area contributed by atoms with Crippen molar-refractivity contribution in [2.75, 3.05) is 7.05 Å². The normalized spacial score (nSPS) is 24.7. The van der Waals surface area contributed by atoms with Crippen molar-refractivity contribution in [3.63, 3.8) is 0 Å². The number of nitrogens with zero attached hydrogens (tertiary/aromatic N) is 2. The van der Waals surface area contributed by atoms with E-state index in [2.05, 4.69) is 4.98 Å². The molecule has 2 atom stereocenters. The van der Waals surface area contributed by atoms with E-state index in [0.717, 1.165) is 0 Å². The highest BCUT2D eigenvalue weighted by Gasteiger charge is 2.37. The van der Waals surface area contributed by atoms with Gasteiger partial charge in [0.05, 0.1) is 17.7 Å². The Morgan fingerprint density at radius 2 is 2.28 bits per heavy atom. The molecule has 1 aromatic heterocycles. The Labute approximate surface area is 105 Å². The highest BCUT2D eigenvalue weighted by atomic mass is 16.4. The fourth-order valence-corrected chi connectivity index (χ4v) is 2.45. The quantitative estimate of drug-likeness (QED) is 0.860. The van der Waals surface area contributed by atoms with E-state index < -0.39 is 17.9 Å². The third-order valence-corrected chi connectivity index (χ3v) is 3.41. The summed E-state index contributed by atoms with van der Waals surface area (Å²) in [7, 11) is 1.66. The van der Waals surface area contributed by atoms with Crippen molar-refractivity contribution >= 4 is 11.9 Å². The minimum Gasteiger partial charge on any atom is -0.481 e. The van der Waals surface area contributed by atoms with Gasteiger partial charge in [0.2, 0.25) is 5.91 Å². The average molecular weight is 248 g/mol. The van der Waals surface area contributed by atoms with E-state index in [-0.39, 0.29) is 5.91 Å². The van der Waals surface area contributed by atoms with Crippen molar-refractivity contribution in [3.8, 4) is 0 Å². The van der Waals surface area contributed by atoms with Gasteiger partial charge in [0.15, 0.2) is 0 Å². The highest BCUT2D eigenvalue weighted by Crippen LogP contribution is 2.33. The van der Waals surface area contributed by atoms with Crippen LogP contribution in [0.2, 0.25) is 0 Å². The average Bonchev–Trinajstić information content (AvgIpc) is 2.51. The molecule has 2 unspecified atom stereocenters. The number of likely N-dealkylation sites (tertiary alicyclic amines) is 1. The van der Waals surface area contributed by atoms with E-state index in [1.54, 1.807) is 25.4 Å². The van der Waals surface area contributed by atoms with Gasteiger partial charge in [0.1, 0.15) is 0 Å². The number of aliphatic carboxylic acids is 1. The Kier molecular flexibility index (Phi) is 3.60. The monoisotopic (exact) mass is 248 g/mol. The molecule has 1 aromatic rings. The summed E-state index contributed by atoms with van der Waals surface area (Å²) < 4.78 is 0. The fraction of sp³-hybridized carbons (Fsp3) is 0.462. The predicted molar refractivity (Wildman–Crippen MR) is 64.7 cm³/mol. The molecule has 5 heteroatoms. The Balaban J connectivity index is 2.40. The molecule has 5 nitrogen and oxygen atoms in total. The maximum absolute atomic E-state index is 11.9. The fourth-order valence-electron chi connectivity index (χ4n) is 2.45. The summed E-state index contributed by atoms with van der Waals surface area (Å²) in [5.74, 6) is -1.47. The first-order chi connectivity index (χ1) is 8.61. The number of carboxylic acids is 1. The standard InChI is InChI=1S/C13H16N2O3/c1-15-11(16)7-4-5-9(13(17)18)12(15)10-6-2-3-8-14-10/h2-3,6,8-9,12H,4-5,7H2,1H3,(H,17,18). The predicted octanol–water partition coefficient (Wildman–Crippen LogP) is 1.47. The number of rotatable bonds is 2. The van der Waals surface area contributed by atoms with Crippen molar-refractivity contribution in [1.82, 2.24) is 9.88 Å². The van der Waals surface area contributed by atoms with Gasteiger partial charge in [-0.3, -0.25) is 14.6 Å². The highest BCUT2D eigenvalue weighted by molar-refractivity contribution is 5.79. The van der Waals surface area contributed by atoms with E-state index in [4.69, 9.17) is 0 Å². The smallest absolute Gasteiger partial charge is 0.309 e. The van der Waals surface area contributed by atoms with Gasteiger partial charge in [-0.15, -0.1) is 0 Å². The summed E-state index contributed by atoms with van der Waals surface area (Å²) in [4.78, 5) is 29.0. The number of aromatic nitrogens is 1. The van der Waals surface area contributed by atoms with Crippen molar-refractivity contribution < 1.29 is 14.7 Å². The lowest BCUT2D eigenvalue weighted by atomic mass is 9.92. The van der Waals surface area contributed by atoms with Crippen LogP contribution in [0.5, 0.6) is 0 Å². The largest absolute Gasteiger partial charge is 0.481 e. The molecule has 1 aliphatic rings. The topological polar surface area (TPSA) is 70.5 Å². The maximum atomic E-state index is 11.9. The third kappa shape index (κ3) is 2.34. The number of carbonyl (C=O) groups is 2. The molecule has 0 radical (unpaired) electrons. The molecular formula is C13H16N2O3. The Morgan fingerprint density at radius 1 is 1.50 bits per heavy atom. The first-order valence-electron chi connectivity index (χ1n) is 6.00. The van der Waals surface area contributed by atoms with Gasteiger partial charge < -0.3 is 10.0 Å². The Bertz CT molecular complexity index is 447. The van der Waals surface area contributed by atoms with Gasteiger partial charge in [0, 0.05) is 19.7 Å². The second-order valence-corrected chi connectivity index (χ2v) is 4.54. The van der Waals surface area contributed by atoms with Crippen LogP contribution in [0.3, 0.4) is 0 Å². The Hall–Kier alpha value is -1.91. The maximum Gasteiger partial charge on any atom is 0.309 e. The molecule has 0 spiro atoms. The van der Waals surface area contributed by atoms with Gasteiger partial charge in [-0.2, -0.15) is 0 Å². The number of amides is 1. The molecule has 1 saturated heterocycles. The van der Waals surface area contributed by atoms with Crippen LogP contribution >= 0.6 is 0 Å². The lowest BCUT2D eigenvalue weighted by Gasteiger charge is -2.29. The molecular weight excluding hydrogens is 232 g/mol. The summed E-state index contributed by atoms with van der Waals surface area (Å²) in [5.41, 5.74) is 0.641. The molecule has 0 bridgehead atoms. The zero-order valence-corrected chi connectivity index (χ0v) is 10.2. The molecule has 0 aromatic carbocycles. The van der Waals surface area contributed by atoms with Crippen molar-refractivity contribution in [1.29, 1.82) is 0 Å². The van der Waals surface area contributed by atoms with Gasteiger partial charge in [-0.1, -0.05) is 6.07 Å². The molecule has 1 amide bonds. The first-order valence-corrected chi connectivity index (χ1v) is 6.00. The second kappa shape index (κ2) is 5.16. The lowest BCUT2D eigenvalue weighted by Crippen LogP contribution is -2.36. The van der Waals surface area contributed by atoms with Crippen LogP contribution in [0, 0.1) is 5.92 Å².